The first-order valence-electron chi connectivity index (χ1n) is 12.6. The second-order valence-corrected chi connectivity index (χ2v) is 10.5. The van der Waals surface area contributed by atoms with Crippen LogP contribution in [0.4, 0.5) is 0 Å². The minimum Gasteiger partial charge on any atom is -0.489 e. The summed E-state index contributed by atoms with van der Waals surface area (Å²) in [5.74, 6) is 0.209. The number of amides is 3. The molecule has 4 aliphatic rings. The molecular formula is C26H28ClN5O4. The van der Waals surface area contributed by atoms with E-state index < -0.39 is 11.9 Å². The molecule has 3 aliphatic heterocycles. The van der Waals surface area contributed by atoms with Gasteiger partial charge in [0.2, 0.25) is 11.8 Å². The zero-order valence-corrected chi connectivity index (χ0v) is 20.6. The van der Waals surface area contributed by atoms with Crippen molar-refractivity contribution in [1.29, 1.82) is 0 Å². The van der Waals surface area contributed by atoms with Crippen LogP contribution in [-0.2, 0) is 16.1 Å². The monoisotopic (exact) mass is 509 g/mol. The molecule has 1 unspecified atom stereocenters. The number of piperidine rings is 1. The molecule has 0 spiro atoms. The smallest absolute Gasteiger partial charge is 0.255 e. The van der Waals surface area contributed by atoms with Crippen molar-refractivity contribution in [1.82, 2.24) is 25.1 Å². The van der Waals surface area contributed by atoms with E-state index in [1.54, 1.807) is 23.5 Å². The van der Waals surface area contributed by atoms with Gasteiger partial charge in [-0.1, -0.05) is 18.0 Å². The van der Waals surface area contributed by atoms with Gasteiger partial charge in [-0.25, -0.2) is 9.97 Å². The lowest BCUT2D eigenvalue weighted by molar-refractivity contribution is -0.136. The molecule has 0 bridgehead atoms. The lowest BCUT2D eigenvalue weighted by Gasteiger charge is -2.48. The second-order valence-electron chi connectivity index (χ2n) is 10.1. The fourth-order valence-electron chi connectivity index (χ4n) is 6.01. The van der Waals surface area contributed by atoms with Crippen molar-refractivity contribution in [3.8, 4) is 5.75 Å². The van der Waals surface area contributed by atoms with Crippen LogP contribution in [0, 0.1) is 0 Å². The average molecular weight is 510 g/mol. The van der Waals surface area contributed by atoms with Gasteiger partial charge in [-0.3, -0.25) is 24.6 Å². The molecule has 2 saturated heterocycles. The van der Waals surface area contributed by atoms with Crippen LogP contribution in [0.25, 0.3) is 0 Å². The average Bonchev–Trinajstić information content (AvgIpc) is 3.16. The SMILES string of the molecule is O=C1CCC(N2Cc3cc(O[C@@H]4CCCC[C@@H]4N4CC(c5ncncc5Cl)C4)ccc3C2=O)C(=O)N1. The predicted molar refractivity (Wildman–Crippen MR) is 131 cm³/mol. The van der Waals surface area contributed by atoms with E-state index in [1.807, 2.05) is 12.1 Å². The van der Waals surface area contributed by atoms with Crippen LogP contribution in [0.2, 0.25) is 5.02 Å². The van der Waals surface area contributed by atoms with E-state index in [9.17, 15) is 14.4 Å². The summed E-state index contributed by atoms with van der Waals surface area (Å²) >= 11 is 6.30. The molecule has 3 atom stereocenters. The largest absolute Gasteiger partial charge is 0.489 e. The number of carbonyl (C=O) groups is 3. The highest BCUT2D eigenvalue weighted by Crippen LogP contribution is 2.37. The van der Waals surface area contributed by atoms with Crippen LogP contribution in [-0.4, -0.2) is 68.8 Å². The van der Waals surface area contributed by atoms with Crippen molar-refractivity contribution in [3.05, 3.63) is 52.6 Å². The Kier molecular flexibility index (Phi) is 6.13. The van der Waals surface area contributed by atoms with Crippen molar-refractivity contribution in [2.75, 3.05) is 13.1 Å². The number of carbonyl (C=O) groups excluding carboxylic acids is 3. The Morgan fingerprint density at radius 1 is 1.08 bits per heavy atom. The number of hydrogen-bond donors (Lipinski definition) is 1. The van der Waals surface area contributed by atoms with E-state index in [0.717, 1.165) is 49.4 Å². The predicted octanol–water partition coefficient (Wildman–Crippen LogP) is 2.68. The van der Waals surface area contributed by atoms with Crippen molar-refractivity contribution >= 4 is 29.3 Å². The molecule has 9 nitrogen and oxygen atoms in total. The third kappa shape index (κ3) is 4.24. The molecule has 1 aliphatic carbocycles. The van der Waals surface area contributed by atoms with Gasteiger partial charge >= 0.3 is 0 Å². The van der Waals surface area contributed by atoms with Crippen LogP contribution in [0.3, 0.4) is 0 Å². The fraction of sp³-hybridized carbons (Fsp3) is 0.500. The molecule has 1 aromatic heterocycles. The van der Waals surface area contributed by atoms with Crippen LogP contribution in [0.5, 0.6) is 5.75 Å². The minimum absolute atomic E-state index is 0.0713. The van der Waals surface area contributed by atoms with Gasteiger partial charge < -0.3 is 9.64 Å². The first-order chi connectivity index (χ1) is 17.5. The summed E-state index contributed by atoms with van der Waals surface area (Å²) in [4.78, 5) is 49.2. The van der Waals surface area contributed by atoms with Crippen LogP contribution in [0.1, 0.15) is 66.1 Å². The molecular weight excluding hydrogens is 482 g/mol. The van der Waals surface area contributed by atoms with E-state index in [-0.39, 0.29) is 24.3 Å². The summed E-state index contributed by atoms with van der Waals surface area (Å²) in [6.45, 7) is 2.15. The molecule has 1 saturated carbocycles. The molecule has 6 rings (SSSR count). The summed E-state index contributed by atoms with van der Waals surface area (Å²) in [5, 5.41) is 2.97. The van der Waals surface area contributed by atoms with Gasteiger partial charge in [-0.05, 0) is 49.4 Å². The molecule has 2 aromatic rings. The molecule has 4 heterocycles. The molecule has 1 aromatic carbocycles. The number of nitrogens with one attached hydrogen (secondary N) is 1. The number of hydrogen-bond acceptors (Lipinski definition) is 7. The Balaban J connectivity index is 1.12. The Bertz CT molecular complexity index is 1220. The maximum absolute atomic E-state index is 13.0. The summed E-state index contributed by atoms with van der Waals surface area (Å²) in [7, 11) is 0. The van der Waals surface area contributed by atoms with Gasteiger partial charge in [0.05, 0.1) is 10.7 Å². The number of fused-ring (bicyclic) bond motifs is 1. The summed E-state index contributed by atoms with van der Waals surface area (Å²) in [6.07, 6.45) is 8.25. The molecule has 3 fully saturated rings. The van der Waals surface area contributed by atoms with Gasteiger partial charge in [-0.15, -0.1) is 0 Å². The van der Waals surface area contributed by atoms with E-state index in [4.69, 9.17) is 16.3 Å². The number of likely N-dealkylation sites (tertiary alicyclic amines) is 1. The minimum atomic E-state index is -0.613. The molecule has 188 valence electrons. The zero-order valence-electron chi connectivity index (χ0n) is 19.9. The third-order valence-corrected chi connectivity index (χ3v) is 8.20. The van der Waals surface area contributed by atoms with Crippen molar-refractivity contribution in [3.63, 3.8) is 0 Å². The van der Waals surface area contributed by atoms with E-state index in [1.165, 1.54) is 6.42 Å². The van der Waals surface area contributed by atoms with Gasteiger partial charge in [-0.2, -0.15) is 0 Å². The molecule has 0 radical (unpaired) electrons. The number of imide groups is 1. The number of halogens is 1. The zero-order chi connectivity index (χ0) is 24.8. The quantitative estimate of drug-likeness (QED) is 0.618. The Morgan fingerprint density at radius 2 is 1.92 bits per heavy atom. The van der Waals surface area contributed by atoms with E-state index >= 15 is 0 Å². The van der Waals surface area contributed by atoms with Gasteiger partial charge in [0, 0.05) is 49.8 Å². The molecule has 3 amide bonds. The van der Waals surface area contributed by atoms with Crippen molar-refractivity contribution < 1.29 is 19.1 Å². The normalized spacial score (nSPS) is 27.0. The van der Waals surface area contributed by atoms with Crippen molar-refractivity contribution in [2.45, 2.75) is 69.2 Å². The summed E-state index contributed by atoms with van der Waals surface area (Å²) in [5.41, 5.74) is 2.37. The van der Waals surface area contributed by atoms with Crippen LogP contribution in [0.15, 0.2) is 30.7 Å². The molecule has 10 heteroatoms. The van der Waals surface area contributed by atoms with Gasteiger partial charge in [0.15, 0.2) is 0 Å². The number of aromatic nitrogens is 2. The van der Waals surface area contributed by atoms with Gasteiger partial charge in [0.1, 0.15) is 24.2 Å². The summed E-state index contributed by atoms with van der Waals surface area (Å²) in [6, 6.07) is 5.30. The molecule has 1 N–H and O–H groups in total. The lowest BCUT2D eigenvalue weighted by atomic mass is 9.85. The van der Waals surface area contributed by atoms with Gasteiger partial charge in [0.25, 0.3) is 5.91 Å². The lowest BCUT2D eigenvalue weighted by Crippen LogP contribution is -2.57. The first kappa shape index (κ1) is 23.4. The summed E-state index contributed by atoms with van der Waals surface area (Å²) < 4.78 is 6.52. The second kappa shape index (κ2) is 9.44. The van der Waals surface area contributed by atoms with E-state index in [2.05, 4.69) is 20.2 Å². The van der Waals surface area contributed by atoms with Crippen LogP contribution < -0.4 is 10.1 Å². The maximum atomic E-state index is 13.0. The number of ether oxygens (including phenoxy) is 1. The van der Waals surface area contributed by atoms with Crippen molar-refractivity contribution in [2.24, 2.45) is 0 Å². The third-order valence-electron chi connectivity index (χ3n) is 7.91. The standard InChI is InChI=1S/C26H28ClN5O4/c27-19-10-28-14-29-24(19)16-11-31(12-16)20-3-1-2-4-22(20)36-17-5-6-18-15(9-17)13-32(26(18)35)21-7-8-23(33)30-25(21)34/h5-6,9-10,14,16,20-22H,1-4,7-8,11-13H2,(H,30,33,34)/t20-,21?,22+/m0/s1. The molecule has 36 heavy (non-hydrogen) atoms. The van der Waals surface area contributed by atoms with Crippen LogP contribution >= 0.6 is 11.6 Å². The highest BCUT2D eigenvalue weighted by molar-refractivity contribution is 6.31. The Labute approximate surface area is 214 Å². The maximum Gasteiger partial charge on any atom is 0.255 e. The highest BCUT2D eigenvalue weighted by atomic mass is 35.5. The topological polar surface area (TPSA) is 105 Å². The fourth-order valence-corrected chi connectivity index (χ4v) is 6.27. The Morgan fingerprint density at radius 3 is 2.72 bits per heavy atom. The Hall–Kier alpha value is -3.04. The van der Waals surface area contributed by atoms with E-state index in [0.29, 0.717) is 35.5 Å². The number of rotatable bonds is 5. The first-order valence-corrected chi connectivity index (χ1v) is 13.0. The highest BCUT2D eigenvalue weighted by Gasteiger charge is 2.41. The number of benzene rings is 1. The number of nitrogens with zero attached hydrogens (tertiary/aromatic N) is 4.